The average molecular weight is 733 g/mol. The van der Waals surface area contributed by atoms with Crippen molar-refractivity contribution < 1.29 is 8.83 Å². The Balaban J connectivity index is 1.27. The van der Waals surface area contributed by atoms with Gasteiger partial charge in [-0.25, -0.2) is 9.98 Å². The Hall–Kier alpha value is -7.56. The van der Waals surface area contributed by atoms with Crippen molar-refractivity contribution in [3.05, 3.63) is 211 Å². The van der Waals surface area contributed by atoms with Crippen LogP contribution in [-0.4, -0.2) is 11.5 Å². The van der Waals surface area contributed by atoms with Crippen LogP contribution >= 0.6 is 0 Å². The molecule has 4 nitrogen and oxygen atoms in total. The molecule has 4 heteroatoms. The fourth-order valence-electron chi connectivity index (χ4n) is 7.86. The van der Waals surface area contributed by atoms with Gasteiger partial charge in [-0.05, 0) is 82.8 Å². The second-order valence-electron chi connectivity index (χ2n) is 14.2. The monoisotopic (exact) mass is 732 g/mol. The Labute approximate surface area is 330 Å². The van der Waals surface area contributed by atoms with Gasteiger partial charge in [0.2, 0.25) is 0 Å². The third-order valence-electron chi connectivity index (χ3n) is 10.7. The van der Waals surface area contributed by atoms with Crippen molar-refractivity contribution in [2.75, 3.05) is 0 Å². The van der Waals surface area contributed by atoms with Crippen LogP contribution in [0.4, 0.5) is 0 Å². The molecule has 0 fully saturated rings. The molecule has 0 aliphatic heterocycles. The summed E-state index contributed by atoms with van der Waals surface area (Å²) < 4.78 is 12.9. The lowest BCUT2D eigenvalue weighted by Gasteiger charge is -2.19. The van der Waals surface area contributed by atoms with Crippen LogP contribution < -0.4 is 0 Å². The number of rotatable bonds is 7. The summed E-state index contributed by atoms with van der Waals surface area (Å²) in [6.07, 6.45) is 0. The molecule has 2 aromatic heterocycles. The molecule has 8 aromatic carbocycles. The number of benzene rings is 8. The number of furan rings is 2. The van der Waals surface area contributed by atoms with E-state index in [1.54, 1.807) is 0 Å². The third-order valence-corrected chi connectivity index (χ3v) is 10.7. The first-order chi connectivity index (χ1) is 28.1. The molecule has 0 bridgehead atoms. The van der Waals surface area contributed by atoms with Gasteiger partial charge in [0, 0.05) is 43.9 Å². The molecule has 10 rings (SSSR count). The molecule has 0 atom stereocenters. The molecule has 0 saturated heterocycles. The first kappa shape index (κ1) is 34.0. The SMILES string of the molecule is C=C(N=C(N=C(C)c1ccccc1)c1cc(-c2ccccc2)cc(-c2ccc3c(c2)oc2ccccc23)c1-c1ccccc1)c1cccc2c1oc1ccccc12. The first-order valence-electron chi connectivity index (χ1n) is 19.1. The number of amidine groups is 1. The largest absolute Gasteiger partial charge is 0.456 e. The molecule has 0 unspecified atom stereocenters. The Morgan fingerprint density at radius 2 is 1.04 bits per heavy atom. The number of nitrogens with zero attached hydrogens (tertiary/aromatic N) is 2. The molecule has 0 saturated carbocycles. The zero-order valence-corrected chi connectivity index (χ0v) is 31.3. The van der Waals surface area contributed by atoms with Gasteiger partial charge in [-0.3, -0.25) is 0 Å². The van der Waals surface area contributed by atoms with Crippen molar-refractivity contribution >= 4 is 61.1 Å². The summed E-state index contributed by atoms with van der Waals surface area (Å²) >= 11 is 0. The summed E-state index contributed by atoms with van der Waals surface area (Å²) in [5, 5.41) is 4.25. The summed E-state index contributed by atoms with van der Waals surface area (Å²) in [5.41, 5.74) is 13.6. The van der Waals surface area contributed by atoms with Crippen molar-refractivity contribution in [3.8, 4) is 33.4 Å². The zero-order chi connectivity index (χ0) is 38.3. The van der Waals surface area contributed by atoms with Gasteiger partial charge in [-0.1, -0.05) is 152 Å². The van der Waals surface area contributed by atoms with Gasteiger partial charge >= 0.3 is 0 Å². The van der Waals surface area contributed by atoms with E-state index in [9.17, 15) is 0 Å². The van der Waals surface area contributed by atoms with Gasteiger partial charge in [0.05, 0.1) is 5.70 Å². The van der Waals surface area contributed by atoms with Gasteiger partial charge in [-0.2, -0.15) is 0 Å². The van der Waals surface area contributed by atoms with Gasteiger partial charge < -0.3 is 8.83 Å². The van der Waals surface area contributed by atoms with Crippen LogP contribution in [0.25, 0.3) is 83.0 Å². The highest BCUT2D eigenvalue weighted by molar-refractivity contribution is 6.18. The Morgan fingerprint density at radius 3 is 1.77 bits per heavy atom. The molecular formula is C53H36N2O2. The van der Waals surface area contributed by atoms with Crippen LogP contribution in [0, 0.1) is 0 Å². The van der Waals surface area contributed by atoms with Gasteiger partial charge in [-0.15, -0.1) is 0 Å². The van der Waals surface area contributed by atoms with Crippen molar-refractivity contribution in [1.29, 1.82) is 0 Å². The zero-order valence-electron chi connectivity index (χ0n) is 31.3. The summed E-state index contributed by atoms with van der Waals surface area (Å²) in [5.74, 6) is 0.539. The highest BCUT2D eigenvalue weighted by atomic mass is 16.3. The van der Waals surface area contributed by atoms with Crippen LogP contribution in [0.3, 0.4) is 0 Å². The summed E-state index contributed by atoms with van der Waals surface area (Å²) in [6, 6.07) is 64.7. The molecule has 0 radical (unpaired) electrons. The van der Waals surface area contributed by atoms with E-state index >= 15 is 0 Å². The first-order valence-corrected chi connectivity index (χ1v) is 19.1. The molecule has 0 amide bonds. The van der Waals surface area contributed by atoms with E-state index < -0.39 is 0 Å². The highest BCUT2D eigenvalue weighted by Crippen LogP contribution is 2.42. The van der Waals surface area contributed by atoms with Crippen molar-refractivity contribution in [2.24, 2.45) is 9.98 Å². The molecule has 0 spiro atoms. The fourth-order valence-corrected chi connectivity index (χ4v) is 7.86. The number of hydrogen-bond donors (Lipinski definition) is 0. The van der Waals surface area contributed by atoms with Crippen LogP contribution in [0.15, 0.2) is 213 Å². The molecular weight excluding hydrogens is 697 g/mol. The van der Waals surface area contributed by atoms with E-state index in [1.807, 2.05) is 79.7 Å². The maximum atomic E-state index is 6.47. The predicted octanol–water partition coefficient (Wildman–Crippen LogP) is 14.4. The van der Waals surface area contributed by atoms with Crippen LogP contribution in [0.1, 0.15) is 23.6 Å². The average Bonchev–Trinajstić information content (AvgIpc) is 3.85. The Morgan fingerprint density at radius 1 is 0.439 bits per heavy atom. The lowest BCUT2D eigenvalue weighted by molar-refractivity contribution is 0.667. The molecule has 2 heterocycles. The topological polar surface area (TPSA) is 51.0 Å². The van der Waals surface area contributed by atoms with Crippen LogP contribution in [-0.2, 0) is 0 Å². The summed E-state index contributed by atoms with van der Waals surface area (Å²) in [4.78, 5) is 10.8. The molecule has 0 aliphatic carbocycles. The van der Waals surface area contributed by atoms with Crippen molar-refractivity contribution in [1.82, 2.24) is 0 Å². The smallest absolute Gasteiger partial charge is 0.160 e. The molecule has 0 N–H and O–H groups in total. The Bertz CT molecular complexity index is 3190. The molecule has 0 aliphatic rings. The Kier molecular flexibility index (Phi) is 8.50. The molecule has 10 aromatic rings. The maximum Gasteiger partial charge on any atom is 0.160 e. The quantitative estimate of drug-likeness (QED) is 0.121. The van der Waals surface area contributed by atoms with E-state index in [1.165, 1.54) is 0 Å². The van der Waals surface area contributed by atoms with E-state index in [0.29, 0.717) is 11.5 Å². The third kappa shape index (κ3) is 6.24. The van der Waals surface area contributed by atoms with Crippen molar-refractivity contribution in [2.45, 2.75) is 6.92 Å². The minimum absolute atomic E-state index is 0.539. The minimum atomic E-state index is 0.539. The lowest BCUT2D eigenvalue weighted by Crippen LogP contribution is -2.07. The van der Waals surface area contributed by atoms with E-state index in [-0.39, 0.29) is 0 Å². The van der Waals surface area contributed by atoms with E-state index in [4.69, 9.17) is 18.8 Å². The number of aliphatic imine (C=N–C) groups is 2. The lowest BCUT2D eigenvalue weighted by atomic mass is 9.86. The maximum absolute atomic E-state index is 6.47. The summed E-state index contributed by atoms with van der Waals surface area (Å²) in [7, 11) is 0. The standard InChI is InChI=1S/C53H36N2O2/c1-34(36-17-6-3-7-18-36)54-53(55-35(2)41-25-16-26-45-43-24-13-15-28-49(43)57-52(41)45)47-32-40(37-19-8-4-9-20-37)31-46(51(47)38-21-10-5-11-22-38)39-29-30-44-42-23-12-14-27-48(42)56-50(44)33-39/h3-33H,2H2,1H3. The minimum Gasteiger partial charge on any atom is -0.456 e. The van der Waals surface area contributed by atoms with E-state index in [2.05, 4.69) is 122 Å². The number of fused-ring (bicyclic) bond motifs is 6. The predicted molar refractivity (Wildman–Crippen MR) is 238 cm³/mol. The fraction of sp³-hybridized carbons (Fsp3) is 0.0189. The van der Waals surface area contributed by atoms with E-state index in [0.717, 1.165) is 99.7 Å². The van der Waals surface area contributed by atoms with Gasteiger partial charge in [0.1, 0.15) is 22.3 Å². The van der Waals surface area contributed by atoms with Crippen LogP contribution in [0.2, 0.25) is 0 Å². The van der Waals surface area contributed by atoms with Gasteiger partial charge in [0.15, 0.2) is 5.84 Å². The molecule has 270 valence electrons. The normalized spacial score (nSPS) is 12.2. The van der Waals surface area contributed by atoms with Crippen molar-refractivity contribution in [3.63, 3.8) is 0 Å². The summed E-state index contributed by atoms with van der Waals surface area (Å²) in [6.45, 7) is 6.61. The number of para-hydroxylation sites is 3. The van der Waals surface area contributed by atoms with Gasteiger partial charge in [0.25, 0.3) is 0 Å². The second-order valence-corrected chi connectivity index (χ2v) is 14.2. The van der Waals surface area contributed by atoms with Crippen LogP contribution in [0.5, 0.6) is 0 Å². The number of hydrogen-bond acceptors (Lipinski definition) is 3. The second kappa shape index (κ2) is 14.3. The molecule has 57 heavy (non-hydrogen) atoms. The highest BCUT2D eigenvalue weighted by Gasteiger charge is 2.22.